The van der Waals surface area contributed by atoms with Crippen molar-refractivity contribution >= 4 is 11.6 Å². The highest BCUT2D eigenvalue weighted by atomic mass is 35.5. The van der Waals surface area contributed by atoms with Crippen molar-refractivity contribution in [1.29, 1.82) is 0 Å². The van der Waals surface area contributed by atoms with Gasteiger partial charge in [0.1, 0.15) is 36.8 Å². The van der Waals surface area contributed by atoms with Crippen molar-refractivity contribution in [2.75, 3.05) is 13.7 Å². The number of rotatable bonds is 6. The molecular weight excluding hydrogens is 388 g/mol. The number of halogens is 1. The number of benzene rings is 2. The molecule has 3 rings (SSSR count). The lowest BCUT2D eigenvalue weighted by Crippen LogP contribution is -2.64. The fourth-order valence-electron chi connectivity index (χ4n) is 3.25. The van der Waals surface area contributed by atoms with E-state index in [1.165, 1.54) is 7.11 Å². The Hall–Kier alpha value is -1.71. The summed E-state index contributed by atoms with van der Waals surface area (Å²) in [4.78, 5) is 0. The molecule has 0 unspecified atom stereocenters. The maximum atomic E-state index is 10.6. The number of hydrogen-bond donors (Lipinski definition) is 4. The molecule has 7 nitrogen and oxygen atoms in total. The standard InChI is InChI=1S/C20H23ClO7/c1-26-20(19(25)18(24)17(23)16(10-22)28-20)13-7-8-15(21)12(9-13)11-27-14-5-3-2-4-6-14/h2-9,16-19,22-25H,10-11H2,1H3/t16-,17-,18+,19-,20+/m1/s1. The Bertz CT molecular complexity index is 785. The van der Waals surface area contributed by atoms with E-state index >= 15 is 0 Å². The molecule has 1 aliphatic heterocycles. The molecule has 28 heavy (non-hydrogen) atoms. The second-order valence-corrected chi connectivity index (χ2v) is 6.95. The second kappa shape index (κ2) is 8.75. The Kier molecular flexibility index (Phi) is 6.57. The normalized spacial score (nSPS) is 30.2. The molecule has 0 radical (unpaired) electrons. The number of aliphatic hydroxyl groups is 4. The molecule has 0 spiro atoms. The smallest absolute Gasteiger partial charge is 0.224 e. The topological polar surface area (TPSA) is 109 Å². The minimum absolute atomic E-state index is 0.154. The zero-order valence-corrected chi connectivity index (χ0v) is 16.0. The molecule has 152 valence electrons. The van der Waals surface area contributed by atoms with Crippen LogP contribution in [0.4, 0.5) is 0 Å². The van der Waals surface area contributed by atoms with Gasteiger partial charge >= 0.3 is 0 Å². The van der Waals surface area contributed by atoms with Crippen molar-refractivity contribution in [3.63, 3.8) is 0 Å². The first-order chi connectivity index (χ1) is 13.4. The van der Waals surface area contributed by atoms with Crippen LogP contribution in [0.1, 0.15) is 11.1 Å². The summed E-state index contributed by atoms with van der Waals surface area (Å²) in [5.41, 5.74) is 0.972. The van der Waals surface area contributed by atoms with Gasteiger partial charge in [0, 0.05) is 23.3 Å². The van der Waals surface area contributed by atoms with Crippen LogP contribution in [-0.2, 0) is 21.9 Å². The SMILES string of the molecule is CO[C@@]1(c2ccc(Cl)c(COc3ccccc3)c2)O[C@H](CO)[C@@H](O)[C@H](O)[C@H]1O. The molecular formula is C20H23ClO7. The van der Waals surface area contributed by atoms with Crippen LogP contribution >= 0.6 is 11.6 Å². The molecule has 1 heterocycles. The molecule has 1 saturated heterocycles. The summed E-state index contributed by atoms with van der Waals surface area (Å²) in [5, 5.41) is 40.7. The quantitative estimate of drug-likeness (QED) is 0.566. The second-order valence-electron chi connectivity index (χ2n) is 6.54. The number of aliphatic hydroxyl groups excluding tert-OH is 4. The van der Waals surface area contributed by atoms with Gasteiger partial charge < -0.3 is 34.6 Å². The summed E-state index contributed by atoms with van der Waals surface area (Å²) in [5.74, 6) is -1.13. The van der Waals surface area contributed by atoms with Gasteiger partial charge in [-0.25, -0.2) is 0 Å². The van der Waals surface area contributed by atoms with E-state index in [-0.39, 0.29) is 6.61 Å². The van der Waals surface area contributed by atoms with Crippen LogP contribution in [0.2, 0.25) is 5.02 Å². The fourth-order valence-corrected chi connectivity index (χ4v) is 3.42. The third-order valence-electron chi connectivity index (χ3n) is 4.84. The van der Waals surface area contributed by atoms with E-state index < -0.39 is 36.8 Å². The van der Waals surface area contributed by atoms with Crippen LogP contribution in [0.25, 0.3) is 0 Å². The number of hydrogen-bond acceptors (Lipinski definition) is 7. The van der Waals surface area contributed by atoms with Crippen molar-refractivity contribution in [3.8, 4) is 5.75 Å². The van der Waals surface area contributed by atoms with Crippen molar-refractivity contribution in [1.82, 2.24) is 0 Å². The lowest BCUT2D eigenvalue weighted by atomic mass is 9.87. The fraction of sp³-hybridized carbons (Fsp3) is 0.400. The molecule has 8 heteroatoms. The summed E-state index contributed by atoms with van der Waals surface area (Å²) >= 11 is 6.28. The minimum atomic E-state index is -1.79. The summed E-state index contributed by atoms with van der Waals surface area (Å²) in [7, 11) is 1.30. The van der Waals surface area contributed by atoms with Gasteiger partial charge in [0.05, 0.1) is 6.61 Å². The van der Waals surface area contributed by atoms with Gasteiger partial charge in [-0.15, -0.1) is 0 Å². The largest absolute Gasteiger partial charge is 0.489 e. The van der Waals surface area contributed by atoms with Crippen LogP contribution in [0.3, 0.4) is 0 Å². The van der Waals surface area contributed by atoms with E-state index in [4.69, 9.17) is 25.8 Å². The van der Waals surface area contributed by atoms with Gasteiger partial charge in [-0.2, -0.15) is 0 Å². The number of para-hydroxylation sites is 1. The Balaban J connectivity index is 1.92. The summed E-state index contributed by atoms with van der Waals surface area (Å²) in [6.45, 7) is -0.408. The predicted molar refractivity (Wildman–Crippen MR) is 101 cm³/mol. The van der Waals surface area contributed by atoms with E-state index in [1.54, 1.807) is 18.2 Å². The van der Waals surface area contributed by atoms with E-state index in [1.807, 2.05) is 30.3 Å². The molecule has 2 aromatic rings. The van der Waals surface area contributed by atoms with Crippen molar-refractivity contribution < 1.29 is 34.6 Å². The van der Waals surface area contributed by atoms with E-state index in [0.29, 0.717) is 21.9 Å². The first-order valence-electron chi connectivity index (χ1n) is 8.77. The lowest BCUT2D eigenvalue weighted by molar-refractivity contribution is -0.366. The molecule has 0 aliphatic carbocycles. The Morgan fingerprint density at radius 3 is 2.43 bits per heavy atom. The molecule has 4 N–H and O–H groups in total. The van der Waals surface area contributed by atoms with E-state index in [0.717, 1.165) is 0 Å². The van der Waals surface area contributed by atoms with Crippen molar-refractivity contribution in [2.24, 2.45) is 0 Å². The Labute approximate surface area is 167 Å². The van der Waals surface area contributed by atoms with Crippen molar-refractivity contribution in [3.05, 3.63) is 64.7 Å². The Morgan fingerprint density at radius 1 is 1.07 bits per heavy atom. The third kappa shape index (κ3) is 3.88. The highest BCUT2D eigenvalue weighted by Crippen LogP contribution is 2.40. The number of methoxy groups -OCH3 is 1. The zero-order valence-electron chi connectivity index (χ0n) is 15.2. The average molecular weight is 411 g/mol. The maximum Gasteiger partial charge on any atom is 0.224 e. The van der Waals surface area contributed by atoms with Crippen LogP contribution < -0.4 is 4.74 Å². The van der Waals surface area contributed by atoms with Crippen LogP contribution in [-0.4, -0.2) is 58.6 Å². The van der Waals surface area contributed by atoms with Crippen LogP contribution in [0.5, 0.6) is 5.75 Å². The molecule has 0 amide bonds. The first kappa shape index (κ1) is 21.0. The van der Waals surface area contributed by atoms with Gasteiger partial charge in [-0.1, -0.05) is 35.9 Å². The monoisotopic (exact) mass is 410 g/mol. The highest BCUT2D eigenvalue weighted by Gasteiger charge is 2.55. The first-order valence-corrected chi connectivity index (χ1v) is 9.15. The molecule has 1 aliphatic rings. The molecule has 5 atom stereocenters. The Morgan fingerprint density at radius 2 is 1.79 bits per heavy atom. The van der Waals surface area contributed by atoms with Gasteiger partial charge in [0.15, 0.2) is 0 Å². The van der Waals surface area contributed by atoms with Crippen LogP contribution in [0, 0.1) is 0 Å². The maximum absolute atomic E-state index is 10.6. The summed E-state index contributed by atoms with van der Waals surface area (Å²) in [6, 6.07) is 14.0. The summed E-state index contributed by atoms with van der Waals surface area (Å²) in [6.07, 6.45) is -5.78. The van der Waals surface area contributed by atoms with Gasteiger partial charge in [-0.3, -0.25) is 0 Å². The highest BCUT2D eigenvalue weighted by molar-refractivity contribution is 6.31. The zero-order chi connectivity index (χ0) is 20.3. The van der Waals surface area contributed by atoms with Gasteiger partial charge in [0.25, 0.3) is 0 Å². The van der Waals surface area contributed by atoms with Gasteiger partial charge in [0.2, 0.25) is 5.79 Å². The van der Waals surface area contributed by atoms with Gasteiger partial charge in [-0.05, 0) is 24.3 Å². The average Bonchev–Trinajstić information content (AvgIpc) is 2.73. The van der Waals surface area contributed by atoms with E-state index in [2.05, 4.69) is 0 Å². The molecule has 0 saturated carbocycles. The lowest BCUT2D eigenvalue weighted by Gasteiger charge is -2.47. The van der Waals surface area contributed by atoms with Crippen LogP contribution in [0.15, 0.2) is 48.5 Å². The third-order valence-corrected chi connectivity index (χ3v) is 5.21. The molecule has 0 bridgehead atoms. The summed E-state index contributed by atoms with van der Waals surface area (Å²) < 4.78 is 16.9. The van der Waals surface area contributed by atoms with Crippen molar-refractivity contribution in [2.45, 2.75) is 36.8 Å². The van der Waals surface area contributed by atoms with E-state index in [9.17, 15) is 20.4 Å². The molecule has 0 aromatic heterocycles. The minimum Gasteiger partial charge on any atom is -0.489 e. The predicted octanol–water partition coefficient (Wildman–Crippen LogP) is 1.19. The molecule has 1 fully saturated rings. The number of ether oxygens (including phenoxy) is 3. The molecule has 2 aromatic carbocycles.